The number of benzene rings is 1. The standard InChI is InChI=1S/C16H26N2O3/c1-4-13(21-14-7-5-6-12(2)8-14)11-18-16(19)9-15(10-17)20-3/h5-8,13,15H,4,9-11,17H2,1-3H3,(H,18,19). The molecule has 0 saturated carbocycles. The molecule has 1 amide bonds. The lowest BCUT2D eigenvalue weighted by atomic mass is 10.2. The molecule has 3 N–H and O–H groups in total. The van der Waals surface area contributed by atoms with E-state index >= 15 is 0 Å². The highest BCUT2D eigenvalue weighted by molar-refractivity contribution is 5.76. The van der Waals surface area contributed by atoms with Crippen LogP contribution in [-0.2, 0) is 9.53 Å². The number of methoxy groups -OCH3 is 1. The molecule has 118 valence electrons. The number of nitrogens with two attached hydrogens (primary N) is 1. The van der Waals surface area contributed by atoms with Crippen LogP contribution in [0.3, 0.4) is 0 Å². The summed E-state index contributed by atoms with van der Waals surface area (Å²) < 4.78 is 11.0. The van der Waals surface area contributed by atoms with Crippen LogP contribution in [0.25, 0.3) is 0 Å². The fourth-order valence-corrected chi connectivity index (χ4v) is 1.92. The van der Waals surface area contributed by atoms with Crippen LogP contribution < -0.4 is 15.8 Å². The van der Waals surface area contributed by atoms with Crippen molar-refractivity contribution in [1.29, 1.82) is 0 Å². The zero-order chi connectivity index (χ0) is 15.7. The quantitative estimate of drug-likeness (QED) is 0.726. The highest BCUT2D eigenvalue weighted by atomic mass is 16.5. The highest BCUT2D eigenvalue weighted by Crippen LogP contribution is 2.15. The minimum atomic E-state index is -0.234. The lowest BCUT2D eigenvalue weighted by Crippen LogP contribution is -2.38. The number of amides is 1. The first-order valence-corrected chi connectivity index (χ1v) is 7.31. The molecule has 0 radical (unpaired) electrons. The molecule has 5 heteroatoms. The summed E-state index contributed by atoms with van der Waals surface area (Å²) in [6.45, 7) is 4.86. The molecule has 0 heterocycles. The van der Waals surface area contributed by atoms with E-state index in [2.05, 4.69) is 5.32 Å². The molecule has 21 heavy (non-hydrogen) atoms. The van der Waals surface area contributed by atoms with Crippen molar-refractivity contribution in [3.05, 3.63) is 29.8 Å². The second-order valence-electron chi connectivity index (χ2n) is 5.07. The third kappa shape index (κ3) is 6.60. The SMILES string of the molecule is CCC(CNC(=O)CC(CN)OC)Oc1cccc(C)c1. The summed E-state index contributed by atoms with van der Waals surface area (Å²) in [6, 6.07) is 7.89. The number of rotatable bonds is 9. The van der Waals surface area contributed by atoms with Crippen LogP contribution in [0.2, 0.25) is 0 Å². The normalized spacial score (nSPS) is 13.5. The van der Waals surface area contributed by atoms with Gasteiger partial charge in [0.1, 0.15) is 11.9 Å². The molecule has 0 bridgehead atoms. The molecule has 5 nitrogen and oxygen atoms in total. The third-order valence-electron chi connectivity index (χ3n) is 3.28. The van der Waals surface area contributed by atoms with Gasteiger partial charge >= 0.3 is 0 Å². The van der Waals surface area contributed by atoms with Crippen LogP contribution in [0.5, 0.6) is 5.75 Å². The van der Waals surface area contributed by atoms with Crippen molar-refractivity contribution >= 4 is 5.91 Å². The Balaban J connectivity index is 2.42. The van der Waals surface area contributed by atoms with E-state index in [0.29, 0.717) is 13.1 Å². The second-order valence-corrected chi connectivity index (χ2v) is 5.07. The average molecular weight is 294 g/mol. The van der Waals surface area contributed by atoms with Gasteiger partial charge in [0.05, 0.1) is 19.1 Å². The predicted octanol–water partition coefficient (Wildman–Crippen LogP) is 1.63. The monoisotopic (exact) mass is 294 g/mol. The molecule has 0 fully saturated rings. The van der Waals surface area contributed by atoms with Gasteiger partial charge in [0.15, 0.2) is 0 Å². The van der Waals surface area contributed by atoms with E-state index in [0.717, 1.165) is 17.7 Å². The number of carbonyl (C=O) groups excluding carboxylic acids is 1. The van der Waals surface area contributed by atoms with Gasteiger partial charge in [-0.1, -0.05) is 19.1 Å². The van der Waals surface area contributed by atoms with Crippen molar-refractivity contribution < 1.29 is 14.3 Å². The molecule has 0 spiro atoms. The molecule has 0 aliphatic heterocycles. The van der Waals surface area contributed by atoms with Gasteiger partial charge in [0, 0.05) is 13.7 Å². The minimum absolute atomic E-state index is 0.0466. The molecule has 1 aromatic rings. The molecule has 0 aliphatic carbocycles. The number of carbonyl (C=O) groups is 1. The number of nitrogens with one attached hydrogen (secondary N) is 1. The number of ether oxygens (including phenoxy) is 2. The smallest absolute Gasteiger partial charge is 0.222 e. The van der Waals surface area contributed by atoms with Crippen molar-refractivity contribution in [3.8, 4) is 5.75 Å². The Morgan fingerprint density at radius 2 is 2.14 bits per heavy atom. The molecule has 2 atom stereocenters. The lowest BCUT2D eigenvalue weighted by molar-refractivity contribution is -0.123. The summed E-state index contributed by atoms with van der Waals surface area (Å²) in [6.07, 6.45) is 0.810. The minimum Gasteiger partial charge on any atom is -0.489 e. The van der Waals surface area contributed by atoms with Gasteiger partial charge in [-0.3, -0.25) is 4.79 Å². The molecular formula is C16H26N2O3. The number of hydrogen-bond donors (Lipinski definition) is 2. The van der Waals surface area contributed by atoms with Gasteiger partial charge in [0.25, 0.3) is 0 Å². The number of hydrogen-bond acceptors (Lipinski definition) is 4. The molecular weight excluding hydrogens is 268 g/mol. The number of aryl methyl sites for hydroxylation is 1. The Bertz CT molecular complexity index is 433. The summed E-state index contributed by atoms with van der Waals surface area (Å²) in [5.74, 6) is 0.756. The second kappa shape index (κ2) is 9.37. The predicted molar refractivity (Wildman–Crippen MR) is 83.4 cm³/mol. The molecule has 0 saturated heterocycles. The van der Waals surface area contributed by atoms with Crippen LogP contribution in [0, 0.1) is 6.92 Å². The van der Waals surface area contributed by atoms with Crippen LogP contribution >= 0.6 is 0 Å². The van der Waals surface area contributed by atoms with E-state index < -0.39 is 0 Å². The van der Waals surface area contributed by atoms with Crippen molar-refractivity contribution in [2.75, 3.05) is 20.2 Å². The first-order chi connectivity index (χ1) is 10.1. The van der Waals surface area contributed by atoms with Crippen molar-refractivity contribution in [3.63, 3.8) is 0 Å². The van der Waals surface area contributed by atoms with Gasteiger partial charge in [-0.15, -0.1) is 0 Å². The topological polar surface area (TPSA) is 73.6 Å². The summed E-state index contributed by atoms with van der Waals surface area (Å²) in [7, 11) is 1.56. The van der Waals surface area contributed by atoms with Crippen molar-refractivity contribution in [2.24, 2.45) is 5.73 Å². The zero-order valence-electron chi connectivity index (χ0n) is 13.1. The Labute approximate surface area is 126 Å². The largest absolute Gasteiger partial charge is 0.489 e. The Kier molecular flexibility index (Phi) is 7.79. The fourth-order valence-electron chi connectivity index (χ4n) is 1.92. The first-order valence-electron chi connectivity index (χ1n) is 7.31. The van der Waals surface area contributed by atoms with E-state index in [4.69, 9.17) is 15.2 Å². The van der Waals surface area contributed by atoms with E-state index in [-0.39, 0.29) is 24.5 Å². The van der Waals surface area contributed by atoms with Crippen LogP contribution in [-0.4, -0.2) is 38.3 Å². The maximum atomic E-state index is 11.8. The van der Waals surface area contributed by atoms with Crippen molar-refractivity contribution in [2.45, 2.75) is 38.9 Å². The van der Waals surface area contributed by atoms with Gasteiger partial charge in [-0.05, 0) is 31.0 Å². The van der Waals surface area contributed by atoms with Crippen molar-refractivity contribution in [1.82, 2.24) is 5.32 Å². The van der Waals surface area contributed by atoms with E-state index in [1.165, 1.54) is 0 Å². The Morgan fingerprint density at radius 3 is 2.71 bits per heavy atom. The zero-order valence-corrected chi connectivity index (χ0v) is 13.1. The Morgan fingerprint density at radius 1 is 1.38 bits per heavy atom. The molecule has 1 aromatic carbocycles. The van der Waals surface area contributed by atoms with Gasteiger partial charge in [-0.2, -0.15) is 0 Å². The van der Waals surface area contributed by atoms with Gasteiger partial charge in [0.2, 0.25) is 5.91 Å². The van der Waals surface area contributed by atoms with Crippen LogP contribution in [0.15, 0.2) is 24.3 Å². The maximum absolute atomic E-state index is 11.8. The van der Waals surface area contributed by atoms with E-state index in [1.54, 1.807) is 7.11 Å². The summed E-state index contributed by atoms with van der Waals surface area (Å²) in [4.78, 5) is 11.8. The van der Waals surface area contributed by atoms with Crippen LogP contribution in [0.4, 0.5) is 0 Å². The maximum Gasteiger partial charge on any atom is 0.222 e. The highest BCUT2D eigenvalue weighted by Gasteiger charge is 2.14. The molecule has 0 aromatic heterocycles. The third-order valence-corrected chi connectivity index (χ3v) is 3.28. The van der Waals surface area contributed by atoms with Gasteiger partial charge in [-0.25, -0.2) is 0 Å². The molecule has 1 rings (SSSR count). The fraction of sp³-hybridized carbons (Fsp3) is 0.562. The summed E-state index contributed by atoms with van der Waals surface area (Å²) in [5, 5.41) is 2.87. The van der Waals surface area contributed by atoms with E-state index in [1.807, 2.05) is 38.1 Å². The first kappa shape index (κ1) is 17.5. The molecule has 2 unspecified atom stereocenters. The van der Waals surface area contributed by atoms with Gasteiger partial charge < -0.3 is 20.5 Å². The lowest BCUT2D eigenvalue weighted by Gasteiger charge is -2.19. The Hall–Kier alpha value is -1.59. The molecule has 0 aliphatic rings. The summed E-state index contributed by atoms with van der Waals surface area (Å²) in [5.41, 5.74) is 6.65. The average Bonchev–Trinajstić information content (AvgIpc) is 2.49. The van der Waals surface area contributed by atoms with Crippen LogP contribution in [0.1, 0.15) is 25.3 Å². The van der Waals surface area contributed by atoms with E-state index in [9.17, 15) is 4.79 Å². The summed E-state index contributed by atoms with van der Waals surface area (Å²) >= 11 is 0.